The number of aromatic nitrogens is 2. The van der Waals surface area contributed by atoms with Gasteiger partial charge in [-0.05, 0) is 47.9 Å². The molecule has 7 nitrogen and oxygen atoms in total. The lowest BCUT2D eigenvalue weighted by Crippen LogP contribution is -2.42. The monoisotopic (exact) mass is 432 g/mol. The molecule has 1 aromatic heterocycles. The molecule has 0 saturated carbocycles. The van der Waals surface area contributed by atoms with Crippen molar-refractivity contribution in [1.82, 2.24) is 9.55 Å². The van der Waals surface area contributed by atoms with Gasteiger partial charge in [0.2, 0.25) is 5.91 Å². The van der Waals surface area contributed by atoms with E-state index in [0.29, 0.717) is 13.0 Å². The lowest BCUT2D eigenvalue weighted by atomic mass is 10.0. The second kappa shape index (κ2) is 9.26. The Balaban J connectivity index is 1.68. The van der Waals surface area contributed by atoms with Gasteiger partial charge >= 0.3 is 5.69 Å². The quantitative estimate of drug-likeness (QED) is 0.599. The lowest BCUT2D eigenvalue weighted by molar-refractivity contribution is -0.118. The van der Waals surface area contributed by atoms with Crippen LogP contribution >= 0.6 is 0 Å². The number of hydrogen-bond donors (Lipinski definition) is 2. The highest BCUT2D eigenvalue weighted by molar-refractivity contribution is 5.96. The van der Waals surface area contributed by atoms with Crippen molar-refractivity contribution < 1.29 is 4.79 Å². The number of aromatic amines is 1. The average molecular weight is 433 g/mol. The van der Waals surface area contributed by atoms with Crippen molar-refractivity contribution in [2.45, 2.75) is 45.6 Å². The first-order valence-electron chi connectivity index (χ1n) is 11.1. The van der Waals surface area contributed by atoms with Crippen LogP contribution in [0.1, 0.15) is 42.0 Å². The summed E-state index contributed by atoms with van der Waals surface area (Å²) in [6.45, 7) is 2.47. The van der Waals surface area contributed by atoms with E-state index in [4.69, 9.17) is 5.73 Å². The Labute approximate surface area is 186 Å². The third-order valence-electron chi connectivity index (χ3n) is 5.93. The second-order valence-corrected chi connectivity index (χ2v) is 8.24. The minimum Gasteiger partial charge on any atom is -0.383 e. The summed E-state index contributed by atoms with van der Waals surface area (Å²) in [5.41, 5.74) is 9.55. The summed E-state index contributed by atoms with van der Waals surface area (Å²) in [6, 6.07) is 15.5. The number of nitrogen functional groups attached to an aromatic ring is 1. The predicted molar refractivity (Wildman–Crippen MR) is 126 cm³/mol. The van der Waals surface area contributed by atoms with Crippen molar-refractivity contribution in [3.05, 3.63) is 91.6 Å². The maximum Gasteiger partial charge on any atom is 0.330 e. The number of carbonyl (C=O) groups is 1. The van der Waals surface area contributed by atoms with Gasteiger partial charge in [-0.15, -0.1) is 0 Å². The van der Waals surface area contributed by atoms with Crippen molar-refractivity contribution >= 4 is 17.4 Å². The molecule has 3 aromatic rings. The standard InChI is InChI=1S/C25H28N4O3/c1-2-13-28(21(30)15-18-11-12-19-9-6-10-20(19)14-18)22-23(26)29(25(32)27-24(22)31)16-17-7-4-3-5-8-17/h3-5,7-8,11-12,14H,2,6,9-10,13,15-16,26H2,1H3,(H,27,31,32). The summed E-state index contributed by atoms with van der Waals surface area (Å²) in [4.78, 5) is 42.3. The van der Waals surface area contributed by atoms with Gasteiger partial charge in [-0.1, -0.05) is 55.5 Å². The zero-order valence-electron chi connectivity index (χ0n) is 18.3. The van der Waals surface area contributed by atoms with Gasteiger partial charge in [0, 0.05) is 6.54 Å². The number of nitrogens with zero attached hydrogens (tertiary/aromatic N) is 2. The molecule has 0 saturated heterocycles. The molecule has 0 spiro atoms. The molecule has 1 heterocycles. The molecular weight excluding hydrogens is 404 g/mol. The molecule has 2 aromatic carbocycles. The smallest absolute Gasteiger partial charge is 0.330 e. The fraction of sp³-hybridized carbons (Fsp3) is 0.320. The number of amides is 1. The summed E-state index contributed by atoms with van der Waals surface area (Å²) in [5.74, 6) is -0.217. The number of benzene rings is 2. The molecule has 0 fully saturated rings. The van der Waals surface area contributed by atoms with Gasteiger partial charge in [-0.3, -0.25) is 19.1 Å². The van der Waals surface area contributed by atoms with Crippen LogP contribution in [-0.2, 0) is 30.6 Å². The van der Waals surface area contributed by atoms with E-state index in [9.17, 15) is 14.4 Å². The topological polar surface area (TPSA) is 101 Å². The minimum atomic E-state index is -0.646. The van der Waals surface area contributed by atoms with Crippen LogP contribution in [0.4, 0.5) is 11.5 Å². The molecule has 166 valence electrons. The Morgan fingerprint density at radius 2 is 1.81 bits per heavy atom. The van der Waals surface area contributed by atoms with Crippen molar-refractivity contribution in [3.63, 3.8) is 0 Å². The zero-order valence-corrected chi connectivity index (χ0v) is 18.3. The molecule has 0 atom stereocenters. The number of fused-ring (bicyclic) bond motifs is 1. The Morgan fingerprint density at radius 1 is 1.06 bits per heavy atom. The first kappa shape index (κ1) is 21.6. The Hall–Kier alpha value is -3.61. The molecular formula is C25H28N4O3. The molecule has 1 aliphatic rings. The largest absolute Gasteiger partial charge is 0.383 e. The summed E-state index contributed by atoms with van der Waals surface area (Å²) < 4.78 is 1.30. The first-order chi connectivity index (χ1) is 15.5. The van der Waals surface area contributed by atoms with E-state index in [1.165, 1.54) is 20.6 Å². The van der Waals surface area contributed by atoms with E-state index >= 15 is 0 Å². The highest BCUT2D eigenvalue weighted by atomic mass is 16.2. The van der Waals surface area contributed by atoms with Crippen molar-refractivity contribution in [1.29, 1.82) is 0 Å². The third-order valence-corrected chi connectivity index (χ3v) is 5.93. The Morgan fingerprint density at radius 3 is 2.56 bits per heavy atom. The normalized spacial score (nSPS) is 12.5. The van der Waals surface area contributed by atoms with Crippen LogP contribution in [0.25, 0.3) is 0 Å². The van der Waals surface area contributed by atoms with Crippen LogP contribution in [0.15, 0.2) is 58.1 Å². The fourth-order valence-electron chi connectivity index (χ4n) is 4.35. The van der Waals surface area contributed by atoms with Crippen LogP contribution in [0, 0.1) is 0 Å². The minimum absolute atomic E-state index is 0.00152. The SMILES string of the molecule is CCCN(C(=O)Cc1ccc2c(c1)CCC2)c1c(N)n(Cc2ccccc2)c(=O)[nH]c1=O. The highest BCUT2D eigenvalue weighted by Crippen LogP contribution is 2.24. The molecule has 32 heavy (non-hydrogen) atoms. The Bertz CT molecular complexity index is 1240. The van der Waals surface area contributed by atoms with Gasteiger partial charge < -0.3 is 10.6 Å². The third kappa shape index (κ3) is 4.37. The average Bonchev–Trinajstić information content (AvgIpc) is 3.24. The number of nitrogens with two attached hydrogens (primary N) is 1. The van der Waals surface area contributed by atoms with Crippen LogP contribution in [0.3, 0.4) is 0 Å². The van der Waals surface area contributed by atoms with Gasteiger partial charge in [0.1, 0.15) is 5.82 Å². The van der Waals surface area contributed by atoms with Gasteiger partial charge in [0.25, 0.3) is 5.56 Å². The number of nitrogens with one attached hydrogen (secondary N) is 1. The van der Waals surface area contributed by atoms with Crippen LogP contribution in [-0.4, -0.2) is 22.0 Å². The van der Waals surface area contributed by atoms with Gasteiger partial charge in [-0.25, -0.2) is 4.79 Å². The van der Waals surface area contributed by atoms with Gasteiger partial charge in [0.15, 0.2) is 5.69 Å². The van der Waals surface area contributed by atoms with E-state index in [2.05, 4.69) is 17.1 Å². The highest BCUT2D eigenvalue weighted by Gasteiger charge is 2.24. The molecule has 4 rings (SSSR count). The predicted octanol–water partition coefficient (Wildman–Crippen LogP) is 2.64. The molecule has 1 amide bonds. The van der Waals surface area contributed by atoms with E-state index in [-0.39, 0.29) is 30.4 Å². The molecule has 7 heteroatoms. The van der Waals surface area contributed by atoms with Crippen molar-refractivity contribution in [2.75, 3.05) is 17.2 Å². The Kier molecular flexibility index (Phi) is 6.25. The van der Waals surface area contributed by atoms with Crippen LogP contribution < -0.4 is 21.9 Å². The van der Waals surface area contributed by atoms with Crippen molar-refractivity contribution in [2.24, 2.45) is 0 Å². The molecule has 0 unspecified atom stereocenters. The van der Waals surface area contributed by atoms with Gasteiger partial charge in [0.05, 0.1) is 13.0 Å². The maximum absolute atomic E-state index is 13.3. The summed E-state index contributed by atoms with van der Waals surface area (Å²) in [5, 5.41) is 0. The lowest BCUT2D eigenvalue weighted by Gasteiger charge is -2.24. The fourth-order valence-corrected chi connectivity index (χ4v) is 4.35. The van der Waals surface area contributed by atoms with Crippen molar-refractivity contribution in [3.8, 4) is 0 Å². The summed E-state index contributed by atoms with van der Waals surface area (Å²) in [6.07, 6.45) is 4.08. The summed E-state index contributed by atoms with van der Waals surface area (Å²) >= 11 is 0. The van der Waals surface area contributed by atoms with Gasteiger partial charge in [-0.2, -0.15) is 0 Å². The number of H-pyrrole nitrogens is 1. The van der Waals surface area contributed by atoms with E-state index in [0.717, 1.165) is 30.4 Å². The number of aryl methyl sites for hydroxylation is 2. The van der Waals surface area contributed by atoms with Crippen LogP contribution in [0.5, 0.6) is 0 Å². The number of anilines is 2. The molecule has 0 aliphatic heterocycles. The molecule has 0 bridgehead atoms. The molecule has 1 aliphatic carbocycles. The molecule has 3 N–H and O–H groups in total. The first-order valence-corrected chi connectivity index (χ1v) is 11.1. The van der Waals surface area contributed by atoms with E-state index in [1.807, 2.05) is 43.3 Å². The van der Waals surface area contributed by atoms with Crippen LogP contribution in [0.2, 0.25) is 0 Å². The summed E-state index contributed by atoms with van der Waals surface area (Å²) in [7, 11) is 0. The zero-order chi connectivity index (χ0) is 22.7. The number of carbonyl (C=O) groups excluding carboxylic acids is 1. The number of rotatable bonds is 7. The van der Waals surface area contributed by atoms with E-state index in [1.54, 1.807) is 0 Å². The molecule has 0 radical (unpaired) electrons. The maximum atomic E-state index is 13.3. The second-order valence-electron chi connectivity index (χ2n) is 8.24. The van der Waals surface area contributed by atoms with E-state index < -0.39 is 11.2 Å². The number of hydrogen-bond acceptors (Lipinski definition) is 4.